The maximum Gasteiger partial charge on any atom is 0.269 e. The zero-order valence-corrected chi connectivity index (χ0v) is 13.7. The van der Waals surface area contributed by atoms with Gasteiger partial charge in [-0.3, -0.25) is 14.6 Å². The lowest BCUT2D eigenvalue weighted by molar-refractivity contribution is 0.0948. The summed E-state index contributed by atoms with van der Waals surface area (Å²) < 4.78 is 0. The van der Waals surface area contributed by atoms with Gasteiger partial charge in [0.2, 0.25) is 0 Å². The van der Waals surface area contributed by atoms with Gasteiger partial charge in [0.05, 0.1) is 0 Å². The SMILES string of the molecule is CCCNC(=O)c1cc(C(=O)NCCC2=CCCCC2)ccn1. The summed E-state index contributed by atoms with van der Waals surface area (Å²) in [4.78, 5) is 28.1. The molecule has 1 aliphatic carbocycles. The van der Waals surface area contributed by atoms with E-state index in [1.165, 1.54) is 24.6 Å². The summed E-state index contributed by atoms with van der Waals surface area (Å²) in [6, 6.07) is 3.17. The molecule has 0 fully saturated rings. The van der Waals surface area contributed by atoms with Gasteiger partial charge in [-0.25, -0.2) is 0 Å². The van der Waals surface area contributed by atoms with Gasteiger partial charge in [0, 0.05) is 24.8 Å². The smallest absolute Gasteiger partial charge is 0.269 e. The molecule has 1 heterocycles. The Morgan fingerprint density at radius 1 is 1.17 bits per heavy atom. The highest BCUT2D eigenvalue weighted by Gasteiger charge is 2.11. The van der Waals surface area contributed by atoms with Crippen LogP contribution in [0.3, 0.4) is 0 Å². The van der Waals surface area contributed by atoms with E-state index in [1.54, 1.807) is 12.1 Å². The van der Waals surface area contributed by atoms with Gasteiger partial charge < -0.3 is 10.6 Å². The number of nitrogens with zero attached hydrogens (tertiary/aromatic N) is 1. The number of nitrogens with one attached hydrogen (secondary N) is 2. The molecule has 0 aliphatic heterocycles. The van der Waals surface area contributed by atoms with Crippen molar-refractivity contribution in [1.29, 1.82) is 0 Å². The van der Waals surface area contributed by atoms with E-state index in [1.807, 2.05) is 6.92 Å². The van der Waals surface area contributed by atoms with Crippen molar-refractivity contribution in [2.45, 2.75) is 45.4 Å². The van der Waals surface area contributed by atoms with Crippen molar-refractivity contribution in [3.8, 4) is 0 Å². The molecule has 0 radical (unpaired) electrons. The number of rotatable bonds is 7. The second kappa shape index (κ2) is 9.08. The topological polar surface area (TPSA) is 71.1 Å². The summed E-state index contributed by atoms with van der Waals surface area (Å²) >= 11 is 0. The molecule has 1 aliphatic rings. The van der Waals surface area contributed by atoms with Gasteiger partial charge in [-0.05, 0) is 50.7 Å². The first-order chi connectivity index (χ1) is 11.2. The lowest BCUT2D eigenvalue weighted by Crippen LogP contribution is -2.27. The van der Waals surface area contributed by atoms with E-state index in [2.05, 4.69) is 21.7 Å². The molecule has 5 heteroatoms. The summed E-state index contributed by atoms with van der Waals surface area (Å²) in [5.41, 5.74) is 2.19. The molecule has 0 spiro atoms. The third kappa shape index (κ3) is 5.51. The predicted octanol–water partition coefficient (Wildman–Crippen LogP) is 2.84. The molecule has 0 saturated carbocycles. The zero-order valence-electron chi connectivity index (χ0n) is 13.7. The van der Waals surface area contributed by atoms with Crippen molar-refractivity contribution < 1.29 is 9.59 Å². The average Bonchev–Trinajstić information content (AvgIpc) is 2.60. The summed E-state index contributed by atoms with van der Waals surface area (Å²) in [6.07, 6.45) is 10.4. The fraction of sp³-hybridized carbons (Fsp3) is 0.500. The molecule has 2 amide bonds. The third-order valence-electron chi connectivity index (χ3n) is 3.91. The number of carbonyl (C=O) groups excluding carboxylic acids is 2. The summed E-state index contributed by atoms with van der Waals surface area (Å²) in [5.74, 6) is -0.401. The standard InChI is InChI=1S/C18H25N3O2/c1-2-10-20-18(23)16-13-15(9-12-19-16)17(22)21-11-8-14-6-4-3-5-7-14/h6,9,12-13H,2-5,7-8,10-11H2,1H3,(H,20,23)(H,21,22). The second-order valence-electron chi connectivity index (χ2n) is 5.80. The Bertz CT molecular complexity index is 581. The average molecular weight is 315 g/mol. The summed E-state index contributed by atoms with van der Waals surface area (Å²) in [7, 11) is 0. The van der Waals surface area contributed by atoms with Gasteiger partial charge in [-0.2, -0.15) is 0 Å². The van der Waals surface area contributed by atoms with E-state index in [-0.39, 0.29) is 17.5 Å². The Labute approximate surface area is 137 Å². The van der Waals surface area contributed by atoms with Gasteiger partial charge in [0.15, 0.2) is 0 Å². The van der Waals surface area contributed by atoms with E-state index in [0.29, 0.717) is 18.7 Å². The second-order valence-corrected chi connectivity index (χ2v) is 5.80. The van der Waals surface area contributed by atoms with Crippen molar-refractivity contribution in [1.82, 2.24) is 15.6 Å². The molecule has 0 aromatic carbocycles. The monoisotopic (exact) mass is 315 g/mol. The molecule has 124 valence electrons. The van der Waals surface area contributed by atoms with Gasteiger partial charge in [-0.15, -0.1) is 0 Å². The Hall–Kier alpha value is -2.17. The lowest BCUT2D eigenvalue weighted by atomic mass is 9.97. The number of carbonyl (C=O) groups is 2. The normalized spacial score (nSPS) is 14.0. The van der Waals surface area contributed by atoms with Gasteiger partial charge >= 0.3 is 0 Å². The highest BCUT2D eigenvalue weighted by Crippen LogP contribution is 2.19. The number of hydrogen-bond donors (Lipinski definition) is 2. The predicted molar refractivity (Wildman–Crippen MR) is 90.4 cm³/mol. The highest BCUT2D eigenvalue weighted by atomic mass is 16.2. The number of pyridine rings is 1. The van der Waals surface area contributed by atoms with Crippen LogP contribution in [0.15, 0.2) is 30.0 Å². The van der Waals surface area contributed by atoms with Crippen molar-refractivity contribution in [2.24, 2.45) is 0 Å². The van der Waals surface area contributed by atoms with E-state index in [4.69, 9.17) is 0 Å². The Kier molecular flexibility index (Phi) is 6.78. The van der Waals surface area contributed by atoms with Crippen molar-refractivity contribution in [2.75, 3.05) is 13.1 Å². The largest absolute Gasteiger partial charge is 0.352 e. The first-order valence-corrected chi connectivity index (χ1v) is 8.41. The zero-order chi connectivity index (χ0) is 16.5. The molecule has 1 aromatic rings. The minimum atomic E-state index is -0.242. The van der Waals surface area contributed by atoms with Crippen LogP contribution in [0.1, 0.15) is 66.3 Å². The van der Waals surface area contributed by atoms with Crippen LogP contribution in [-0.4, -0.2) is 29.9 Å². The molecule has 0 atom stereocenters. The fourth-order valence-electron chi connectivity index (χ4n) is 2.60. The lowest BCUT2D eigenvalue weighted by Gasteiger charge is -2.13. The molecule has 0 bridgehead atoms. The van der Waals surface area contributed by atoms with Crippen LogP contribution in [0, 0.1) is 0 Å². The van der Waals surface area contributed by atoms with Crippen molar-refractivity contribution in [3.05, 3.63) is 41.2 Å². The summed E-state index contributed by atoms with van der Waals surface area (Å²) in [6.45, 7) is 3.22. The van der Waals surface area contributed by atoms with E-state index in [9.17, 15) is 9.59 Å². The minimum absolute atomic E-state index is 0.159. The van der Waals surface area contributed by atoms with Crippen LogP contribution in [0.4, 0.5) is 0 Å². The Morgan fingerprint density at radius 2 is 2.00 bits per heavy atom. The van der Waals surface area contributed by atoms with Gasteiger partial charge in [-0.1, -0.05) is 18.6 Å². The van der Waals surface area contributed by atoms with Gasteiger partial charge in [0.25, 0.3) is 11.8 Å². The van der Waals surface area contributed by atoms with Crippen LogP contribution >= 0.6 is 0 Å². The molecular formula is C18H25N3O2. The first-order valence-electron chi connectivity index (χ1n) is 8.41. The molecule has 1 aromatic heterocycles. The van der Waals surface area contributed by atoms with E-state index < -0.39 is 0 Å². The molecule has 0 saturated heterocycles. The Balaban J connectivity index is 1.86. The molecule has 5 nitrogen and oxygen atoms in total. The van der Waals surface area contributed by atoms with Gasteiger partial charge in [0.1, 0.15) is 5.69 Å². The van der Waals surface area contributed by atoms with Crippen LogP contribution in [0.25, 0.3) is 0 Å². The number of hydrogen-bond acceptors (Lipinski definition) is 3. The minimum Gasteiger partial charge on any atom is -0.352 e. The van der Waals surface area contributed by atoms with Crippen LogP contribution < -0.4 is 10.6 Å². The van der Waals surface area contributed by atoms with Crippen molar-refractivity contribution >= 4 is 11.8 Å². The number of allylic oxidation sites excluding steroid dienone is 1. The van der Waals surface area contributed by atoms with Crippen molar-refractivity contribution in [3.63, 3.8) is 0 Å². The molecule has 0 unspecified atom stereocenters. The molecule has 2 N–H and O–H groups in total. The van der Waals surface area contributed by atoms with Crippen LogP contribution in [0.5, 0.6) is 0 Å². The highest BCUT2D eigenvalue weighted by molar-refractivity contribution is 5.98. The number of aromatic nitrogens is 1. The fourth-order valence-corrected chi connectivity index (χ4v) is 2.60. The van der Waals surface area contributed by atoms with Crippen LogP contribution in [-0.2, 0) is 0 Å². The first kappa shape index (κ1) is 17.2. The molecule has 23 heavy (non-hydrogen) atoms. The van der Waals surface area contributed by atoms with E-state index >= 15 is 0 Å². The number of amides is 2. The van der Waals surface area contributed by atoms with Crippen LogP contribution in [0.2, 0.25) is 0 Å². The molecule has 2 rings (SSSR count). The quantitative estimate of drug-likeness (QED) is 0.760. The maximum atomic E-state index is 12.2. The van der Waals surface area contributed by atoms with E-state index in [0.717, 1.165) is 25.7 Å². The Morgan fingerprint density at radius 3 is 2.74 bits per heavy atom. The molecular weight excluding hydrogens is 290 g/mol. The maximum absolute atomic E-state index is 12.2. The summed E-state index contributed by atoms with van der Waals surface area (Å²) in [5, 5.41) is 5.68. The third-order valence-corrected chi connectivity index (χ3v) is 3.91.